The molecule has 0 radical (unpaired) electrons. The van der Waals surface area contributed by atoms with Crippen LogP contribution in [-0.2, 0) is 4.79 Å². The standard InChI is InChI=1S/C15H18ClNO4/c16-11(9-17-5-1-2-12(17)15(18)19)10-3-4-13-14(8-10)21-7-6-20-13/h3-4,8,11-12H,1-2,5-7,9H2,(H,18,19). The van der Waals surface area contributed by atoms with E-state index in [1.165, 1.54) is 0 Å². The summed E-state index contributed by atoms with van der Waals surface area (Å²) < 4.78 is 11.0. The minimum absolute atomic E-state index is 0.263. The fraction of sp³-hybridized carbons (Fsp3) is 0.533. The maximum Gasteiger partial charge on any atom is 0.320 e. The Hall–Kier alpha value is -1.46. The topological polar surface area (TPSA) is 59.0 Å². The van der Waals surface area contributed by atoms with Crippen LogP contribution in [0.2, 0.25) is 0 Å². The molecule has 1 aromatic carbocycles. The van der Waals surface area contributed by atoms with E-state index in [0.717, 1.165) is 24.3 Å². The highest BCUT2D eigenvalue weighted by Gasteiger charge is 2.32. The Kier molecular flexibility index (Phi) is 4.22. The third kappa shape index (κ3) is 3.09. The van der Waals surface area contributed by atoms with E-state index in [-0.39, 0.29) is 5.38 Å². The normalized spacial score (nSPS) is 23.0. The first kappa shape index (κ1) is 14.5. The Morgan fingerprint density at radius 2 is 2.14 bits per heavy atom. The Morgan fingerprint density at radius 1 is 1.38 bits per heavy atom. The predicted octanol–water partition coefficient (Wildman–Crippen LogP) is 2.29. The molecular formula is C15H18ClNO4. The minimum atomic E-state index is -0.765. The van der Waals surface area contributed by atoms with Crippen molar-refractivity contribution in [2.75, 3.05) is 26.3 Å². The van der Waals surface area contributed by atoms with Crippen molar-refractivity contribution in [2.24, 2.45) is 0 Å². The van der Waals surface area contributed by atoms with Crippen LogP contribution in [0.3, 0.4) is 0 Å². The number of rotatable bonds is 4. The van der Waals surface area contributed by atoms with Gasteiger partial charge in [0.1, 0.15) is 19.3 Å². The Balaban J connectivity index is 1.70. The predicted molar refractivity (Wildman–Crippen MR) is 78.3 cm³/mol. The number of hydrogen-bond donors (Lipinski definition) is 1. The third-order valence-corrected chi connectivity index (χ3v) is 4.36. The number of carboxylic acid groups (broad SMARTS) is 1. The molecule has 3 rings (SSSR count). The number of carbonyl (C=O) groups is 1. The van der Waals surface area contributed by atoms with Crippen LogP contribution in [-0.4, -0.2) is 48.3 Å². The average molecular weight is 312 g/mol. The number of likely N-dealkylation sites (tertiary alicyclic amines) is 1. The smallest absolute Gasteiger partial charge is 0.320 e. The van der Waals surface area contributed by atoms with E-state index in [0.29, 0.717) is 31.9 Å². The van der Waals surface area contributed by atoms with Gasteiger partial charge in [0.2, 0.25) is 0 Å². The number of alkyl halides is 1. The molecule has 2 aliphatic heterocycles. The molecule has 5 nitrogen and oxygen atoms in total. The van der Waals surface area contributed by atoms with Crippen LogP contribution in [0.15, 0.2) is 18.2 Å². The number of benzene rings is 1. The number of nitrogens with zero attached hydrogens (tertiary/aromatic N) is 1. The number of ether oxygens (including phenoxy) is 2. The molecule has 0 bridgehead atoms. The Labute approximate surface area is 128 Å². The monoisotopic (exact) mass is 311 g/mol. The van der Waals surface area contributed by atoms with Crippen molar-refractivity contribution in [3.05, 3.63) is 23.8 Å². The van der Waals surface area contributed by atoms with Gasteiger partial charge >= 0.3 is 5.97 Å². The lowest BCUT2D eigenvalue weighted by Crippen LogP contribution is -2.37. The molecule has 114 valence electrons. The van der Waals surface area contributed by atoms with Crippen LogP contribution >= 0.6 is 11.6 Å². The second-order valence-electron chi connectivity index (χ2n) is 5.36. The van der Waals surface area contributed by atoms with Gasteiger partial charge in [-0.25, -0.2) is 0 Å². The highest BCUT2D eigenvalue weighted by molar-refractivity contribution is 6.21. The van der Waals surface area contributed by atoms with E-state index >= 15 is 0 Å². The molecule has 0 saturated carbocycles. The van der Waals surface area contributed by atoms with E-state index in [9.17, 15) is 9.90 Å². The molecule has 1 saturated heterocycles. The molecule has 2 aliphatic rings. The molecule has 1 fully saturated rings. The number of aliphatic carboxylic acids is 1. The quantitative estimate of drug-likeness (QED) is 0.865. The van der Waals surface area contributed by atoms with E-state index in [1.54, 1.807) is 0 Å². The fourth-order valence-corrected chi connectivity index (χ4v) is 3.20. The average Bonchev–Trinajstić information content (AvgIpc) is 2.95. The molecule has 0 amide bonds. The summed E-state index contributed by atoms with van der Waals surface area (Å²) in [4.78, 5) is 13.1. The molecule has 2 atom stereocenters. The van der Waals surface area contributed by atoms with Crippen LogP contribution in [0.4, 0.5) is 0 Å². The zero-order chi connectivity index (χ0) is 14.8. The van der Waals surface area contributed by atoms with Crippen molar-refractivity contribution >= 4 is 17.6 Å². The van der Waals surface area contributed by atoms with Gasteiger partial charge in [0.15, 0.2) is 11.5 Å². The fourth-order valence-electron chi connectivity index (χ4n) is 2.89. The largest absolute Gasteiger partial charge is 0.486 e. The zero-order valence-corrected chi connectivity index (χ0v) is 12.4. The summed E-state index contributed by atoms with van der Waals surface area (Å²) in [5, 5.41) is 8.94. The van der Waals surface area contributed by atoms with Gasteiger partial charge in [-0.05, 0) is 37.1 Å². The molecular weight excluding hydrogens is 294 g/mol. The van der Waals surface area contributed by atoms with Gasteiger partial charge in [-0.2, -0.15) is 0 Å². The van der Waals surface area contributed by atoms with Crippen LogP contribution in [0, 0.1) is 0 Å². The summed E-state index contributed by atoms with van der Waals surface area (Å²) in [6.45, 7) is 2.41. The van der Waals surface area contributed by atoms with Crippen LogP contribution in [0.5, 0.6) is 11.5 Å². The highest BCUT2D eigenvalue weighted by atomic mass is 35.5. The Morgan fingerprint density at radius 3 is 2.90 bits per heavy atom. The zero-order valence-electron chi connectivity index (χ0n) is 11.6. The van der Waals surface area contributed by atoms with Crippen molar-refractivity contribution in [3.63, 3.8) is 0 Å². The molecule has 0 aliphatic carbocycles. The van der Waals surface area contributed by atoms with Gasteiger partial charge in [-0.3, -0.25) is 9.69 Å². The first-order valence-corrected chi connectivity index (χ1v) is 7.59. The summed E-state index contributed by atoms with van der Waals surface area (Å²) in [6, 6.07) is 5.25. The van der Waals surface area contributed by atoms with Crippen LogP contribution in [0.25, 0.3) is 0 Å². The van der Waals surface area contributed by atoms with Crippen molar-refractivity contribution in [1.82, 2.24) is 4.90 Å². The van der Waals surface area contributed by atoms with Gasteiger partial charge in [0.05, 0.1) is 5.38 Å². The first-order valence-electron chi connectivity index (χ1n) is 7.15. The van der Waals surface area contributed by atoms with E-state index < -0.39 is 12.0 Å². The van der Waals surface area contributed by atoms with Gasteiger partial charge in [-0.1, -0.05) is 6.07 Å². The number of carboxylic acids is 1. The van der Waals surface area contributed by atoms with Crippen molar-refractivity contribution in [3.8, 4) is 11.5 Å². The number of fused-ring (bicyclic) bond motifs is 1. The maximum absolute atomic E-state index is 11.2. The lowest BCUT2D eigenvalue weighted by Gasteiger charge is -2.25. The minimum Gasteiger partial charge on any atom is -0.486 e. The highest BCUT2D eigenvalue weighted by Crippen LogP contribution is 2.35. The van der Waals surface area contributed by atoms with Crippen molar-refractivity contribution in [2.45, 2.75) is 24.3 Å². The number of halogens is 1. The summed E-state index contributed by atoms with van der Waals surface area (Å²) >= 11 is 6.47. The van der Waals surface area contributed by atoms with Crippen LogP contribution < -0.4 is 9.47 Å². The Bertz CT molecular complexity index is 536. The van der Waals surface area contributed by atoms with E-state index in [2.05, 4.69) is 0 Å². The van der Waals surface area contributed by atoms with Gasteiger partial charge in [0.25, 0.3) is 0 Å². The third-order valence-electron chi connectivity index (χ3n) is 3.97. The molecule has 1 aromatic rings. The molecule has 2 unspecified atom stereocenters. The summed E-state index contributed by atoms with van der Waals surface area (Å²) in [6.07, 6.45) is 1.60. The second kappa shape index (κ2) is 6.12. The lowest BCUT2D eigenvalue weighted by molar-refractivity contribution is -0.142. The summed E-state index contributed by atoms with van der Waals surface area (Å²) in [5.74, 6) is 0.678. The molecule has 21 heavy (non-hydrogen) atoms. The molecule has 1 N–H and O–H groups in total. The van der Waals surface area contributed by atoms with E-state index in [1.807, 2.05) is 23.1 Å². The van der Waals surface area contributed by atoms with Gasteiger partial charge < -0.3 is 14.6 Å². The molecule has 0 aromatic heterocycles. The molecule has 0 spiro atoms. The van der Waals surface area contributed by atoms with Crippen molar-refractivity contribution in [1.29, 1.82) is 0 Å². The van der Waals surface area contributed by atoms with Gasteiger partial charge in [0, 0.05) is 6.54 Å². The van der Waals surface area contributed by atoms with Crippen molar-refractivity contribution < 1.29 is 19.4 Å². The van der Waals surface area contributed by atoms with Gasteiger partial charge in [-0.15, -0.1) is 11.6 Å². The second-order valence-corrected chi connectivity index (χ2v) is 5.89. The summed E-state index contributed by atoms with van der Waals surface area (Å²) in [5.41, 5.74) is 0.928. The number of hydrogen-bond acceptors (Lipinski definition) is 4. The maximum atomic E-state index is 11.2. The molecule has 6 heteroatoms. The van der Waals surface area contributed by atoms with Crippen LogP contribution in [0.1, 0.15) is 23.8 Å². The first-order chi connectivity index (χ1) is 10.1. The SMILES string of the molecule is O=C(O)C1CCCN1CC(Cl)c1ccc2c(c1)OCCO2. The molecule has 2 heterocycles. The van der Waals surface area contributed by atoms with E-state index in [4.69, 9.17) is 21.1 Å². The summed E-state index contributed by atoms with van der Waals surface area (Å²) in [7, 11) is 0. The lowest BCUT2D eigenvalue weighted by atomic mass is 10.1.